The first kappa shape index (κ1) is 92.5. The molecule has 0 bridgehead atoms. The van der Waals surface area contributed by atoms with Gasteiger partial charge >= 0.3 is 6.09 Å². The number of nitrogens with one attached hydrogen (secondary N) is 8. The molecule has 3 saturated carbocycles. The zero-order valence-corrected chi connectivity index (χ0v) is 68.1. The standard InChI is InChI=1S/C81H139N19O12/c1-9-18-60(69(103)97-65(45-51-27-30-53(101)31-28-51)73(107)98-66(47-84)74(108)92-59(68(85)102)35-26-49(4)5)93-70(104)62(23-15-42-90-77(86)87)95-75(109)67-25-17-44-100(67)76(110)64(24-16-43-91-78(88)89)96-71(105)61(21-10-12-40-82)94-72(106)63(22-11-13-41-83)99-79(111)112-54-36-38-80(7)52(46-54)29-32-55-57-34-33-56(50(6)20-14-19-48(2)3)81(57,8)39-37-58(55)80/h27-31,48-50,54-67,101H,9-26,32-47,82-84H2,1-8H3,(H2,85,102)(H,92,108)(H,93,104)(H,94,106)(H,95,109)(H,96,105)(H,97,103)(H,98,107)(H,99,111)(H4,86,87,90)(H4,88,89,91)/t50-,54?,55+,56-,57+,58+,59+,60+,61-,62+,63-,64+,65+,66?,67+,80+,81-/m1/s1. The number of aliphatic imine (C=N–C) groups is 2. The van der Waals surface area contributed by atoms with Gasteiger partial charge in [-0.3, -0.25) is 53.1 Å². The maximum Gasteiger partial charge on any atom is 0.408 e. The Hall–Kier alpha value is -8.32. The zero-order valence-electron chi connectivity index (χ0n) is 68.1. The van der Waals surface area contributed by atoms with Crippen molar-refractivity contribution in [3.8, 4) is 5.75 Å². The number of carbonyl (C=O) groups excluding carboxylic acids is 10. The maximum absolute atomic E-state index is 15.1. The quantitative estimate of drug-likeness (QED) is 0.0191. The number of fused-ring (bicyclic) bond motifs is 5. The minimum atomic E-state index is -1.41. The number of primary amides is 1. The molecule has 6 rings (SSSR count). The number of nitrogens with zero attached hydrogens (tertiary/aromatic N) is 3. The SMILES string of the molecule is CCC[C@H](NC(=O)[C@H](CCCN=C(N)N)NC(=O)[C@@H]1CCCN1C(=O)[C@H](CCCN=C(N)N)NC(=O)[C@@H](CCCCN)NC(=O)[C@@H](CCCCN)NC(=O)OC1CC[C@@]2(C)C(=CC[C@H]3[C@@H]4CC[C@H]([C@H](C)CCCC(C)C)[C@@]4(C)CC[C@@H]32)C1)C(=O)N[C@@H](Cc1ccc(O)cc1)C(=O)NC(CN)C(=O)N[C@@H](CCC(C)C)C(N)=O. The van der Waals surface area contributed by atoms with Gasteiger partial charge in [0.25, 0.3) is 0 Å². The highest BCUT2D eigenvalue weighted by Gasteiger charge is 2.59. The first-order valence-electron chi connectivity index (χ1n) is 41.6. The smallest absolute Gasteiger partial charge is 0.408 e. The molecule has 630 valence electrons. The molecule has 1 aromatic rings. The van der Waals surface area contributed by atoms with Gasteiger partial charge in [0.1, 0.15) is 66.2 Å². The Bertz CT molecular complexity index is 3350. The largest absolute Gasteiger partial charge is 0.508 e. The van der Waals surface area contributed by atoms with E-state index >= 15 is 4.79 Å². The fourth-order valence-electron chi connectivity index (χ4n) is 18.2. The summed E-state index contributed by atoms with van der Waals surface area (Å²) in [6.07, 6.45) is 17.5. The van der Waals surface area contributed by atoms with Crippen molar-refractivity contribution >= 4 is 71.2 Å². The molecule has 112 heavy (non-hydrogen) atoms. The van der Waals surface area contributed by atoms with Crippen LogP contribution < -0.4 is 88.4 Å². The minimum Gasteiger partial charge on any atom is -0.508 e. The fourth-order valence-corrected chi connectivity index (χ4v) is 18.2. The second-order valence-electron chi connectivity index (χ2n) is 33.6. The van der Waals surface area contributed by atoms with E-state index in [1.165, 1.54) is 79.7 Å². The Kier molecular flexibility index (Phi) is 37.6. The van der Waals surface area contributed by atoms with Gasteiger partial charge in [0.2, 0.25) is 53.2 Å². The third kappa shape index (κ3) is 27.5. The highest BCUT2D eigenvalue weighted by molar-refractivity contribution is 5.99. The van der Waals surface area contributed by atoms with Crippen LogP contribution in [0, 0.1) is 52.3 Å². The Morgan fingerprint density at radius 1 is 0.545 bits per heavy atom. The number of aromatic hydroxyl groups is 1. The highest BCUT2D eigenvalue weighted by atomic mass is 16.6. The van der Waals surface area contributed by atoms with Crippen molar-refractivity contribution in [1.29, 1.82) is 0 Å². The molecule has 1 aromatic carbocycles. The zero-order chi connectivity index (χ0) is 82.4. The summed E-state index contributed by atoms with van der Waals surface area (Å²) in [4.78, 5) is 153. The van der Waals surface area contributed by atoms with Gasteiger partial charge < -0.3 is 103 Å². The van der Waals surface area contributed by atoms with Crippen molar-refractivity contribution in [3.63, 3.8) is 0 Å². The summed E-state index contributed by atoms with van der Waals surface area (Å²) in [5, 5.41) is 32.2. The number of hydrogen-bond acceptors (Lipinski definition) is 17. The van der Waals surface area contributed by atoms with Crippen LogP contribution in [0.5, 0.6) is 5.75 Å². The van der Waals surface area contributed by atoms with Crippen LogP contribution in [0.4, 0.5) is 4.79 Å². The molecular weight excluding hydrogens is 1430 g/mol. The molecule has 1 aliphatic heterocycles. The number of phenolic OH excluding ortho intramolecular Hbond substituents is 1. The van der Waals surface area contributed by atoms with Gasteiger partial charge in [0.05, 0.1) is 0 Å². The third-order valence-electron chi connectivity index (χ3n) is 24.4. The van der Waals surface area contributed by atoms with Gasteiger partial charge in [-0.05, 0) is 224 Å². The van der Waals surface area contributed by atoms with E-state index in [9.17, 15) is 48.3 Å². The van der Waals surface area contributed by atoms with E-state index in [0.29, 0.717) is 93.1 Å². The first-order chi connectivity index (χ1) is 53.3. The van der Waals surface area contributed by atoms with Crippen molar-refractivity contribution < 1.29 is 57.8 Å². The van der Waals surface area contributed by atoms with Gasteiger partial charge in [-0.1, -0.05) is 105 Å². The van der Waals surface area contributed by atoms with Crippen molar-refractivity contribution in [3.05, 3.63) is 41.5 Å². The molecule has 4 aliphatic carbocycles. The number of phenols is 1. The van der Waals surface area contributed by atoms with Gasteiger partial charge in [-0.2, -0.15) is 0 Å². The lowest BCUT2D eigenvalue weighted by Gasteiger charge is -2.58. The molecule has 2 unspecified atom stereocenters. The minimum absolute atomic E-state index is 0.0186. The number of likely N-dealkylation sites (tertiary alicyclic amines) is 1. The molecule has 0 aromatic heterocycles. The Labute approximate surface area is 663 Å². The van der Waals surface area contributed by atoms with E-state index < -0.39 is 126 Å². The normalized spacial score (nSPS) is 23.5. The maximum atomic E-state index is 15.1. The van der Waals surface area contributed by atoms with Crippen molar-refractivity contribution in [2.75, 3.05) is 39.3 Å². The van der Waals surface area contributed by atoms with E-state index in [0.717, 1.165) is 30.6 Å². The number of unbranched alkanes of at least 4 members (excludes halogenated alkanes) is 2. The molecule has 17 atom stereocenters. The van der Waals surface area contributed by atoms with Crippen LogP contribution in [-0.4, -0.2) is 181 Å². The van der Waals surface area contributed by atoms with Crippen molar-refractivity contribution in [2.24, 2.45) is 108 Å². The molecule has 4 fully saturated rings. The van der Waals surface area contributed by atoms with Gasteiger partial charge in [0, 0.05) is 39.0 Å². The van der Waals surface area contributed by atoms with Gasteiger partial charge in [-0.15, -0.1) is 0 Å². The van der Waals surface area contributed by atoms with Gasteiger partial charge in [-0.25, -0.2) is 4.79 Å². The van der Waals surface area contributed by atoms with Crippen LogP contribution in [0.1, 0.15) is 234 Å². The van der Waals surface area contributed by atoms with Crippen LogP contribution in [0.25, 0.3) is 0 Å². The summed E-state index contributed by atoms with van der Waals surface area (Å²) in [6.45, 7) is 18.2. The number of ether oxygens (including phenoxy) is 1. The summed E-state index contributed by atoms with van der Waals surface area (Å²) < 4.78 is 6.23. The Balaban J connectivity index is 1.16. The third-order valence-corrected chi connectivity index (χ3v) is 24.4. The predicted octanol–water partition coefficient (Wildman–Crippen LogP) is 3.87. The van der Waals surface area contributed by atoms with Crippen molar-refractivity contribution in [1.82, 2.24) is 47.4 Å². The van der Waals surface area contributed by atoms with Crippen LogP contribution in [-0.2, 0) is 54.3 Å². The molecule has 1 saturated heterocycles. The Morgan fingerprint density at radius 3 is 1.64 bits per heavy atom. The average molecular weight is 1570 g/mol. The molecule has 10 amide bonds. The monoisotopic (exact) mass is 1570 g/mol. The number of rotatable bonds is 47. The average Bonchev–Trinajstić information content (AvgIpc) is 1.46. The summed E-state index contributed by atoms with van der Waals surface area (Å²) in [7, 11) is 0. The number of guanidine groups is 2. The van der Waals surface area contributed by atoms with E-state index in [2.05, 4.69) is 93.2 Å². The predicted molar refractivity (Wildman–Crippen MR) is 433 cm³/mol. The number of carbonyl (C=O) groups is 10. The number of allylic oxidation sites excluding steroid dienone is 1. The summed E-state index contributed by atoms with van der Waals surface area (Å²) in [5.74, 6) is -2.91. The lowest BCUT2D eigenvalue weighted by atomic mass is 9.47. The van der Waals surface area contributed by atoms with Crippen LogP contribution >= 0.6 is 0 Å². The van der Waals surface area contributed by atoms with E-state index in [1.54, 1.807) is 6.92 Å². The van der Waals surface area contributed by atoms with Crippen LogP contribution in [0.3, 0.4) is 0 Å². The van der Waals surface area contributed by atoms with Gasteiger partial charge in [0.15, 0.2) is 11.9 Å². The lowest BCUT2D eigenvalue weighted by molar-refractivity contribution is -0.142. The van der Waals surface area contributed by atoms with Crippen molar-refractivity contribution in [2.45, 2.75) is 296 Å². The molecule has 0 spiro atoms. The van der Waals surface area contributed by atoms with Crippen LogP contribution in [0.2, 0.25) is 0 Å². The first-order valence-corrected chi connectivity index (χ1v) is 41.6. The summed E-state index contributed by atoms with van der Waals surface area (Å²) in [6, 6.07) is -5.51. The molecule has 0 radical (unpaired) electrons. The fraction of sp³-hybridized carbons (Fsp3) is 0.753. The number of benzene rings is 1. The summed E-state index contributed by atoms with van der Waals surface area (Å²) in [5.41, 5.74) is 48.4. The Morgan fingerprint density at radius 2 is 1.07 bits per heavy atom. The lowest BCUT2D eigenvalue weighted by Crippen LogP contribution is -2.61. The molecule has 1 heterocycles. The topological polar surface area (TPSA) is 533 Å². The molecule has 25 N–H and O–H groups in total. The molecule has 5 aliphatic rings. The van der Waals surface area contributed by atoms with E-state index in [1.807, 2.05) is 13.8 Å². The highest BCUT2D eigenvalue weighted by Crippen LogP contribution is 2.67. The number of hydrogen-bond donors (Lipinski definition) is 17. The van der Waals surface area contributed by atoms with E-state index in [-0.39, 0.29) is 119 Å². The van der Waals surface area contributed by atoms with Crippen LogP contribution in [0.15, 0.2) is 45.9 Å². The second-order valence-corrected chi connectivity index (χ2v) is 33.6. The number of amides is 10. The second kappa shape index (κ2) is 45.5. The van der Waals surface area contributed by atoms with E-state index in [4.69, 9.17) is 50.6 Å². The molecule has 31 nitrogen and oxygen atoms in total. The molecular formula is C81H139N19O12. The number of alkyl carbamates (subject to hydrolysis) is 1. The molecule has 31 heteroatoms. The summed E-state index contributed by atoms with van der Waals surface area (Å²) >= 11 is 0. The number of nitrogens with two attached hydrogens (primary N) is 8.